The highest BCUT2D eigenvalue weighted by Crippen LogP contribution is 2.18. The Balaban J connectivity index is 2.55. The number of primary amides is 1. The summed E-state index contributed by atoms with van der Waals surface area (Å²) in [5, 5.41) is 5.37. The Morgan fingerprint density at radius 3 is 2.62 bits per heavy atom. The fraction of sp³-hybridized carbons (Fsp3) is 0.500. The van der Waals surface area contributed by atoms with Gasteiger partial charge < -0.3 is 20.8 Å². The molecule has 1 amide bonds. The van der Waals surface area contributed by atoms with Crippen LogP contribution < -0.4 is 16.4 Å². The van der Waals surface area contributed by atoms with Crippen molar-refractivity contribution >= 4 is 11.9 Å². The number of carbonyl (C=O) groups is 1. The maximum absolute atomic E-state index is 12.1. The number of halogens is 3. The number of carbonyl (C=O) groups excluding carboxylic acids is 1. The molecule has 21 heavy (non-hydrogen) atoms. The van der Waals surface area contributed by atoms with Crippen molar-refractivity contribution in [1.82, 2.24) is 10.6 Å². The zero-order valence-electron chi connectivity index (χ0n) is 11.5. The van der Waals surface area contributed by atoms with E-state index in [-0.39, 0.29) is 24.8 Å². The third-order valence-corrected chi connectivity index (χ3v) is 2.34. The summed E-state index contributed by atoms with van der Waals surface area (Å²) in [5.74, 6) is -0.0636. The van der Waals surface area contributed by atoms with Crippen molar-refractivity contribution in [2.75, 3.05) is 13.1 Å². The molecule has 1 aromatic heterocycles. The van der Waals surface area contributed by atoms with Crippen molar-refractivity contribution in [3.8, 4) is 0 Å². The van der Waals surface area contributed by atoms with E-state index in [0.29, 0.717) is 12.3 Å². The van der Waals surface area contributed by atoms with E-state index in [2.05, 4.69) is 15.6 Å². The second-order valence-electron chi connectivity index (χ2n) is 4.12. The van der Waals surface area contributed by atoms with E-state index < -0.39 is 18.5 Å². The Morgan fingerprint density at radius 1 is 1.38 bits per heavy atom. The Kier molecular flexibility index (Phi) is 6.07. The zero-order chi connectivity index (χ0) is 15.9. The summed E-state index contributed by atoms with van der Waals surface area (Å²) in [7, 11) is 0. The number of nitrogens with two attached hydrogens (primary N) is 1. The van der Waals surface area contributed by atoms with Crippen LogP contribution in [-0.4, -0.2) is 31.1 Å². The van der Waals surface area contributed by atoms with Crippen LogP contribution in [-0.2, 0) is 6.54 Å². The molecule has 0 aliphatic carbocycles. The summed E-state index contributed by atoms with van der Waals surface area (Å²) >= 11 is 0. The molecule has 0 aromatic carbocycles. The Labute approximate surface area is 119 Å². The Bertz CT molecular complexity index is 497. The molecule has 1 rings (SSSR count). The standard InChI is InChI=1S/C12H17F3N4O2/c1-2-17-11(18-6-5-12(13,14)15)19-7-8-3-4-9(21-8)10(16)20/h3-4H,2,5-7H2,1H3,(H2,16,20)(H2,17,18,19). The maximum Gasteiger partial charge on any atom is 0.390 e. The molecule has 6 nitrogen and oxygen atoms in total. The van der Waals surface area contributed by atoms with Crippen LogP contribution in [0, 0.1) is 0 Å². The first-order valence-corrected chi connectivity index (χ1v) is 6.29. The van der Waals surface area contributed by atoms with E-state index >= 15 is 0 Å². The molecule has 0 aliphatic heterocycles. The van der Waals surface area contributed by atoms with Crippen LogP contribution in [0.1, 0.15) is 29.7 Å². The monoisotopic (exact) mass is 306 g/mol. The van der Waals surface area contributed by atoms with Gasteiger partial charge in [-0.05, 0) is 19.1 Å². The summed E-state index contributed by atoms with van der Waals surface area (Å²) in [6.07, 6.45) is -5.17. The van der Waals surface area contributed by atoms with Gasteiger partial charge in [-0.2, -0.15) is 13.2 Å². The minimum Gasteiger partial charge on any atom is -0.454 e. The van der Waals surface area contributed by atoms with Crippen LogP contribution in [0.4, 0.5) is 13.2 Å². The minimum absolute atomic E-state index is 0.00947. The fourth-order valence-corrected chi connectivity index (χ4v) is 1.42. The molecule has 0 aliphatic rings. The molecular weight excluding hydrogens is 289 g/mol. The molecule has 0 unspecified atom stereocenters. The number of hydrogen-bond donors (Lipinski definition) is 3. The number of hydrogen-bond acceptors (Lipinski definition) is 3. The predicted molar refractivity (Wildman–Crippen MR) is 70.7 cm³/mol. The lowest BCUT2D eigenvalue weighted by molar-refractivity contribution is -0.132. The lowest BCUT2D eigenvalue weighted by Crippen LogP contribution is -2.38. The smallest absolute Gasteiger partial charge is 0.390 e. The van der Waals surface area contributed by atoms with Crippen LogP contribution in [0.5, 0.6) is 0 Å². The topological polar surface area (TPSA) is 92.6 Å². The largest absolute Gasteiger partial charge is 0.454 e. The molecule has 0 radical (unpaired) electrons. The normalized spacial score (nSPS) is 12.3. The highest BCUT2D eigenvalue weighted by Gasteiger charge is 2.26. The predicted octanol–water partition coefficient (Wildman–Crippen LogP) is 1.39. The van der Waals surface area contributed by atoms with Crippen molar-refractivity contribution in [2.24, 2.45) is 10.7 Å². The lowest BCUT2D eigenvalue weighted by atomic mass is 10.4. The van der Waals surface area contributed by atoms with Gasteiger partial charge in [-0.3, -0.25) is 4.79 Å². The first kappa shape index (κ1) is 16.9. The number of nitrogens with zero attached hydrogens (tertiary/aromatic N) is 1. The molecule has 1 heterocycles. The quantitative estimate of drug-likeness (QED) is 0.547. The number of amides is 1. The zero-order valence-corrected chi connectivity index (χ0v) is 11.5. The van der Waals surface area contributed by atoms with E-state index in [1.54, 1.807) is 6.92 Å². The molecular formula is C12H17F3N4O2. The minimum atomic E-state index is -4.22. The molecule has 0 bridgehead atoms. The summed E-state index contributed by atoms with van der Waals surface area (Å²) in [6, 6.07) is 2.94. The van der Waals surface area contributed by atoms with Gasteiger partial charge in [0.25, 0.3) is 5.91 Å². The van der Waals surface area contributed by atoms with Crippen LogP contribution in [0.15, 0.2) is 21.5 Å². The van der Waals surface area contributed by atoms with E-state index in [1.807, 2.05) is 0 Å². The number of aliphatic imine (C=N–C) groups is 1. The summed E-state index contributed by atoms with van der Waals surface area (Å²) in [4.78, 5) is 14.9. The Hall–Kier alpha value is -2.19. The van der Waals surface area contributed by atoms with Gasteiger partial charge in [0.15, 0.2) is 11.7 Å². The third-order valence-electron chi connectivity index (χ3n) is 2.34. The van der Waals surface area contributed by atoms with Crippen molar-refractivity contribution in [1.29, 1.82) is 0 Å². The molecule has 0 saturated carbocycles. The second-order valence-corrected chi connectivity index (χ2v) is 4.12. The van der Waals surface area contributed by atoms with Crippen LogP contribution in [0.2, 0.25) is 0 Å². The first-order valence-electron chi connectivity index (χ1n) is 6.29. The average Bonchev–Trinajstić information content (AvgIpc) is 2.83. The molecule has 1 aromatic rings. The van der Waals surface area contributed by atoms with Crippen molar-refractivity contribution in [3.63, 3.8) is 0 Å². The summed E-state index contributed by atoms with van der Waals surface area (Å²) in [5.41, 5.74) is 5.04. The molecule has 0 atom stereocenters. The SMILES string of the molecule is CCNC(=NCc1ccc(C(N)=O)o1)NCCC(F)(F)F. The van der Waals surface area contributed by atoms with Crippen molar-refractivity contribution in [2.45, 2.75) is 26.1 Å². The highest BCUT2D eigenvalue weighted by molar-refractivity contribution is 5.89. The molecule has 0 fully saturated rings. The van der Waals surface area contributed by atoms with Gasteiger partial charge in [-0.1, -0.05) is 0 Å². The van der Waals surface area contributed by atoms with E-state index in [0.717, 1.165) is 0 Å². The first-order chi connectivity index (χ1) is 9.81. The molecule has 118 valence electrons. The number of nitrogens with one attached hydrogen (secondary N) is 2. The van der Waals surface area contributed by atoms with Gasteiger partial charge in [0, 0.05) is 13.1 Å². The van der Waals surface area contributed by atoms with Crippen LogP contribution in [0.25, 0.3) is 0 Å². The highest BCUT2D eigenvalue weighted by atomic mass is 19.4. The Morgan fingerprint density at radius 2 is 2.10 bits per heavy atom. The van der Waals surface area contributed by atoms with Gasteiger partial charge in [0.05, 0.1) is 6.42 Å². The third kappa shape index (κ3) is 6.68. The van der Waals surface area contributed by atoms with Gasteiger partial charge in [0.2, 0.25) is 0 Å². The van der Waals surface area contributed by atoms with Crippen LogP contribution >= 0.6 is 0 Å². The number of guanidine groups is 1. The van der Waals surface area contributed by atoms with Gasteiger partial charge in [-0.25, -0.2) is 4.99 Å². The fourth-order valence-electron chi connectivity index (χ4n) is 1.42. The van der Waals surface area contributed by atoms with E-state index in [9.17, 15) is 18.0 Å². The van der Waals surface area contributed by atoms with Gasteiger partial charge in [-0.15, -0.1) is 0 Å². The molecule has 0 spiro atoms. The van der Waals surface area contributed by atoms with Crippen LogP contribution in [0.3, 0.4) is 0 Å². The van der Waals surface area contributed by atoms with Crippen molar-refractivity contribution in [3.05, 3.63) is 23.7 Å². The molecule has 9 heteroatoms. The number of furan rings is 1. The summed E-state index contributed by atoms with van der Waals surface area (Å²) in [6.45, 7) is 2.09. The molecule has 4 N–H and O–H groups in total. The molecule has 0 saturated heterocycles. The van der Waals surface area contributed by atoms with Gasteiger partial charge >= 0.3 is 6.18 Å². The number of rotatable bonds is 6. The maximum atomic E-state index is 12.1. The average molecular weight is 306 g/mol. The second kappa shape index (κ2) is 7.55. The van der Waals surface area contributed by atoms with Gasteiger partial charge in [0.1, 0.15) is 12.3 Å². The van der Waals surface area contributed by atoms with Crippen molar-refractivity contribution < 1.29 is 22.4 Å². The van der Waals surface area contributed by atoms with E-state index in [1.165, 1.54) is 12.1 Å². The number of alkyl halides is 3. The summed E-state index contributed by atoms with van der Waals surface area (Å²) < 4.78 is 41.3. The lowest BCUT2D eigenvalue weighted by Gasteiger charge is -2.12. The van der Waals surface area contributed by atoms with E-state index in [4.69, 9.17) is 10.2 Å².